The van der Waals surface area contributed by atoms with Crippen LogP contribution in [0.1, 0.15) is 35.4 Å². The van der Waals surface area contributed by atoms with Crippen LogP contribution in [0, 0.1) is 0 Å². The normalized spacial score (nSPS) is 24.3. The number of aliphatic hydroxyl groups excluding tert-OH is 1. The number of aliphatic hydroxyl groups is 1. The van der Waals surface area contributed by atoms with Gasteiger partial charge in [0, 0.05) is 6.04 Å². The minimum absolute atomic E-state index is 0.191. The fraction of sp³-hybridized carbons (Fsp3) is 0.545. The van der Waals surface area contributed by atoms with Gasteiger partial charge in [0.05, 0.1) is 6.10 Å². The number of carboxylic acids is 1. The van der Waals surface area contributed by atoms with E-state index in [0.29, 0.717) is 19.3 Å². The summed E-state index contributed by atoms with van der Waals surface area (Å²) in [6.45, 7) is 0. The Morgan fingerprint density at radius 2 is 2.16 bits per heavy atom. The average Bonchev–Trinajstić information content (AvgIpc) is 2.77. The van der Waals surface area contributed by atoms with Crippen LogP contribution in [0.25, 0.3) is 0 Å². The van der Waals surface area contributed by atoms with Gasteiger partial charge in [-0.1, -0.05) is 0 Å². The third kappa shape index (κ3) is 3.33. The highest BCUT2D eigenvalue weighted by atomic mass is 32.2. The van der Waals surface area contributed by atoms with Crippen LogP contribution in [0.3, 0.4) is 0 Å². The molecule has 0 bridgehead atoms. The van der Waals surface area contributed by atoms with Crippen molar-refractivity contribution in [2.45, 2.75) is 42.7 Å². The summed E-state index contributed by atoms with van der Waals surface area (Å²) in [7, 11) is -3.85. The topological polar surface area (TPSA) is 104 Å². The second-order valence-electron chi connectivity index (χ2n) is 4.56. The lowest BCUT2D eigenvalue weighted by atomic mass is 9.94. The van der Waals surface area contributed by atoms with Crippen molar-refractivity contribution in [2.75, 3.05) is 0 Å². The lowest BCUT2D eigenvalue weighted by Gasteiger charge is -2.26. The molecule has 1 fully saturated rings. The van der Waals surface area contributed by atoms with Crippen LogP contribution in [0.15, 0.2) is 16.3 Å². The van der Waals surface area contributed by atoms with E-state index in [9.17, 15) is 18.3 Å². The molecule has 1 aliphatic carbocycles. The number of carbonyl (C=O) groups is 1. The third-order valence-electron chi connectivity index (χ3n) is 3.08. The van der Waals surface area contributed by atoms with Crippen LogP contribution in [-0.4, -0.2) is 36.7 Å². The van der Waals surface area contributed by atoms with Gasteiger partial charge < -0.3 is 10.2 Å². The Morgan fingerprint density at radius 3 is 2.79 bits per heavy atom. The maximum absolute atomic E-state index is 12.1. The van der Waals surface area contributed by atoms with Crippen LogP contribution in [0.5, 0.6) is 0 Å². The van der Waals surface area contributed by atoms with Gasteiger partial charge in [0.1, 0.15) is 9.77 Å². The van der Waals surface area contributed by atoms with Crippen molar-refractivity contribution in [3.05, 3.63) is 16.3 Å². The molecule has 3 N–H and O–H groups in total. The van der Waals surface area contributed by atoms with Crippen LogP contribution >= 0.6 is 11.3 Å². The van der Waals surface area contributed by atoms with E-state index >= 15 is 0 Å². The first-order valence-electron chi connectivity index (χ1n) is 5.91. The van der Waals surface area contributed by atoms with Gasteiger partial charge in [0.25, 0.3) is 0 Å². The first-order valence-corrected chi connectivity index (χ1v) is 8.27. The molecule has 1 aromatic rings. The van der Waals surface area contributed by atoms with Crippen LogP contribution in [0.2, 0.25) is 0 Å². The molecule has 0 spiro atoms. The van der Waals surface area contributed by atoms with Gasteiger partial charge in [0.2, 0.25) is 10.0 Å². The fourth-order valence-corrected chi connectivity index (χ4v) is 4.76. The van der Waals surface area contributed by atoms with Gasteiger partial charge in [-0.2, -0.15) is 0 Å². The van der Waals surface area contributed by atoms with Crippen molar-refractivity contribution < 1.29 is 23.4 Å². The molecule has 1 aromatic heterocycles. The van der Waals surface area contributed by atoms with Gasteiger partial charge in [-0.25, -0.2) is 17.9 Å². The van der Waals surface area contributed by atoms with E-state index in [0.717, 1.165) is 17.8 Å². The summed E-state index contributed by atoms with van der Waals surface area (Å²) in [5.41, 5.74) is 0. The van der Waals surface area contributed by atoms with Crippen molar-refractivity contribution in [3.63, 3.8) is 0 Å². The van der Waals surface area contributed by atoms with Gasteiger partial charge in [-0.3, -0.25) is 0 Å². The molecule has 0 aliphatic heterocycles. The van der Waals surface area contributed by atoms with Gasteiger partial charge in [0.15, 0.2) is 0 Å². The van der Waals surface area contributed by atoms with Crippen LogP contribution < -0.4 is 4.72 Å². The van der Waals surface area contributed by atoms with Crippen molar-refractivity contribution in [1.29, 1.82) is 0 Å². The molecule has 0 saturated heterocycles. The minimum Gasteiger partial charge on any atom is -0.477 e. The molecule has 2 atom stereocenters. The third-order valence-corrected chi connectivity index (χ3v) is 5.68. The number of hydrogen-bond acceptors (Lipinski definition) is 5. The number of aromatic carboxylic acids is 1. The zero-order valence-corrected chi connectivity index (χ0v) is 11.7. The number of sulfonamides is 1. The predicted molar refractivity (Wildman–Crippen MR) is 69.9 cm³/mol. The summed E-state index contributed by atoms with van der Waals surface area (Å²) in [5, 5.41) is 19.9. The first kappa shape index (κ1) is 14.4. The Bertz CT molecular complexity index is 565. The lowest BCUT2D eigenvalue weighted by molar-refractivity contribution is 0.0698. The Balaban J connectivity index is 2.18. The predicted octanol–water partition coefficient (Wildman–Crippen LogP) is 1.03. The van der Waals surface area contributed by atoms with Gasteiger partial charge in [-0.05, 0) is 37.1 Å². The molecule has 0 aromatic carbocycles. The Kier molecular flexibility index (Phi) is 4.24. The van der Waals surface area contributed by atoms with Crippen molar-refractivity contribution in [3.8, 4) is 0 Å². The SMILES string of the molecule is O=C(O)c1sccc1S(=O)(=O)NC1CCCC(O)C1. The highest BCUT2D eigenvalue weighted by Gasteiger charge is 2.29. The highest BCUT2D eigenvalue weighted by molar-refractivity contribution is 7.89. The quantitative estimate of drug-likeness (QED) is 0.770. The molecule has 6 nitrogen and oxygen atoms in total. The monoisotopic (exact) mass is 305 g/mol. The lowest BCUT2D eigenvalue weighted by Crippen LogP contribution is -2.39. The highest BCUT2D eigenvalue weighted by Crippen LogP contribution is 2.24. The standard InChI is InChI=1S/C11H15NO5S2/c13-8-3-1-2-7(6-8)12-19(16,17)9-4-5-18-10(9)11(14)15/h4-5,7-8,12-13H,1-3,6H2,(H,14,15). The van der Waals surface area contributed by atoms with E-state index in [1.807, 2.05) is 0 Å². The van der Waals surface area contributed by atoms with E-state index in [4.69, 9.17) is 5.11 Å². The summed E-state index contributed by atoms with van der Waals surface area (Å²) in [4.78, 5) is 10.6. The molecular weight excluding hydrogens is 290 g/mol. The fourth-order valence-electron chi connectivity index (χ4n) is 2.22. The maximum Gasteiger partial charge on any atom is 0.347 e. The van der Waals surface area contributed by atoms with E-state index in [1.165, 1.54) is 11.4 Å². The van der Waals surface area contributed by atoms with E-state index in [-0.39, 0.29) is 15.8 Å². The molecule has 2 rings (SSSR count). The molecular formula is C11H15NO5S2. The largest absolute Gasteiger partial charge is 0.477 e. The number of nitrogens with one attached hydrogen (secondary N) is 1. The van der Waals surface area contributed by atoms with Crippen LogP contribution in [0.4, 0.5) is 0 Å². The van der Waals surface area contributed by atoms with E-state index in [1.54, 1.807) is 0 Å². The molecule has 0 radical (unpaired) electrons. The average molecular weight is 305 g/mol. The summed E-state index contributed by atoms with van der Waals surface area (Å²) in [5.74, 6) is -1.25. The van der Waals surface area contributed by atoms with Crippen molar-refractivity contribution >= 4 is 27.3 Å². The Morgan fingerprint density at radius 1 is 1.42 bits per heavy atom. The molecule has 1 heterocycles. The van der Waals surface area contributed by atoms with Crippen molar-refractivity contribution in [2.24, 2.45) is 0 Å². The number of hydrogen-bond donors (Lipinski definition) is 3. The zero-order valence-electron chi connectivity index (χ0n) is 10.1. The van der Waals surface area contributed by atoms with Crippen LogP contribution in [-0.2, 0) is 10.0 Å². The first-order chi connectivity index (χ1) is 8.90. The molecule has 0 amide bonds. The van der Waals surface area contributed by atoms with Gasteiger partial charge in [-0.15, -0.1) is 11.3 Å². The maximum atomic E-state index is 12.1. The molecule has 2 unspecified atom stereocenters. The number of carboxylic acid groups (broad SMARTS) is 1. The Labute approximate surface area is 115 Å². The zero-order chi connectivity index (χ0) is 14.0. The summed E-state index contributed by atoms with van der Waals surface area (Å²) in [6.07, 6.45) is 1.96. The molecule has 19 heavy (non-hydrogen) atoms. The second kappa shape index (κ2) is 5.58. The van der Waals surface area contributed by atoms with E-state index in [2.05, 4.69) is 4.72 Å². The summed E-state index contributed by atoms with van der Waals surface area (Å²) >= 11 is 0.879. The number of thiophene rings is 1. The Hall–Kier alpha value is -0.960. The number of rotatable bonds is 4. The minimum atomic E-state index is -3.85. The molecule has 1 saturated carbocycles. The summed E-state index contributed by atoms with van der Waals surface area (Å²) < 4.78 is 26.8. The smallest absolute Gasteiger partial charge is 0.347 e. The molecule has 8 heteroatoms. The second-order valence-corrected chi connectivity index (χ2v) is 7.16. The van der Waals surface area contributed by atoms with Crippen molar-refractivity contribution in [1.82, 2.24) is 4.72 Å². The molecule has 1 aliphatic rings. The van der Waals surface area contributed by atoms with E-state index < -0.39 is 22.1 Å². The molecule has 106 valence electrons. The van der Waals surface area contributed by atoms with Gasteiger partial charge >= 0.3 is 5.97 Å². The summed E-state index contributed by atoms with van der Waals surface area (Å²) in [6, 6.07) is 0.950.